The van der Waals surface area contributed by atoms with Gasteiger partial charge < -0.3 is 14.4 Å². The number of amides is 3. The minimum absolute atomic E-state index is 0.00407. The summed E-state index contributed by atoms with van der Waals surface area (Å²) >= 11 is 0.845. The Labute approximate surface area is 168 Å². The standard InChI is InChI=1S/C20H24N2O5S/c1-13(2)27-15-7-6-14(10-16(15)26-3)11-17-19(24)22(20(25)28-17)12-18(23)21-8-4-5-9-21/h6-7,10-11,13H,4-5,8-9,12H2,1-3H3/b17-11-. The zero-order chi connectivity index (χ0) is 20.3. The van der Waals surface area contributed by atoms with Crippen molar-refractivity contribution in [3.05, 3.63) is 28.7 Å². The number of thioether (sulfide) groups is 1. The van der Waals surface area contributed by atoms with E-state index in [0.29, 0.717) is 35.1 Å². The third-order valence-electron chi connectivity index (χ3n) is 4.47. The Balaban J connectivity index is 1.74. The van der Waals surface area contributed by atoms with Gasteiger partial charge in [0.15, 0.2) is 11.5 Å². The number of methoxy groups -OCH3 is 1. The van der Waals surface area contributed by atoms with E-state index in [-0.39, 0.29) is 18.6 Å². The number of carbonyl (C=O) groups is 3. The predicted octanol–water partition coefficient (Wildman–Crippen LogP) is 3.14. The van der Waals surface area contributed by atoms with Gasteiger partial charge in [0.2, 0.25) is 5.91 Å². The summed E-state index contributed by atoms with van der Waals surface area (Å²) < 4.78 is 11.0. The third-order valence-corrected chi connectivity index (χ3v) is 5.38. The van der Waals surface area contributed by atoms with Crippen molar-refractivity contribution < 1.29 is 23.9 Å². The van der Waals surface area contributed by atoms with E-state index in [4.69, 9.17) is 9.47 Å². The molecule has 1 aromatic rings. The summed E-state index contributed by atoms with van der Waals surface area (Å²) in [5.41, 5.74) is 0.712. The van der Waals surface area contributed by atoms with Crippen molar-refractivity contribution in [1.29, 1.82) is 0 Å². The van der Waals surface area contributed by atoms with Crippen LogP contribution in [-0.4, -0.2) is 59.7 Å². The number of hydrogen-bond acceptors (Lipinski definition) is 6. The highest BCUT2D eigenvalue weighted by atomic mass is 32.2. The molecule has 1 aromatic carbocycles. The Kier molecular flexibility index (Phi) is 6.28. The lowest BCUT2D eigenvalue weighted by atomic mass is 10.2. The molecule has 2 fully saturated rings. The quantitative estimate of drug-likeness (QED) is 0.678. The number of rotatable bonds is 6. The Morgan fingerprint density at radius 2 is 1.93 bits per heavy atom. The fourth-order valence-electron chi connectivity index (χ4n) is 3.11. The van der Waals surface area contributed by atoms with Crippen molar-refractivity contribution in [2.24, 2.45) is 0 Å². The van der Waals surface area contributed by atoms with E-state index in [1.165, 1.54) is 0 Å². The highest BCUT2D eigenvalue weighted by Gasteiger charge is 2.37. The summed E-state index contributed by atoms with van der Waals surface area (Å²) in [6.45, 7) is 5.02. The molecule has 2 heterocycles. The van der Waals surface area contributed by atoms with E-state index in [1.54, 1.807) is 36.3 Å². The highest BCUT2D eigenvalue weighted by molar-refractivity contribution is 8.18. The molecule has 0 aliphatic carbocycles. The molecule has 2 aliphatic rings. The van der Waals surface area contributed by atoms with E-state index in [9.17, 15) is 14.4 Å². The minimum Gasteiger partial charge on any atom is -0.493 e. The first-order valence-corrected chi connectivity index (χ1v) is 10.1. The lowest BCUT2D eigenvalue weighted by molar-refractivity contribution is -0.135. The topological polar surface area (TPSA) is 76.2 Å². The van der Waals surface area contributed by atoms with Gasteiger partial charge in [-0.15, -0.1) is 0 Å². The summed E-state index contributed by atoms with van der Waals surface area (Å²) in [5.74, 6) is 0.534. The molecule has 0 atom stereocenters. The van der Waals surface area contributed by atoms with Gasteiger partial charge in [-0.05, 0) is 62.2 Å². The van der Waals surface area contributed by atoms with Gasteiger partial charge >= 0.3 is 0 Å². The van der Waals surface area contributed by atoms with E-state index >= 15 is 0 Å². The van der Waals surface area contributed by atoms with Crippen molar-refractivity contribution in [3.8, 4) is 11.5 Å². The maximum Gasteiger partial charge on any atom is 0.294 e. The number of likely N-dealkylation sites (tertiary alicyclic amines) is 1. The van der Waals surface area contributed by atoms with Gasteiger partial charge in [0.25, 0.3) is 11.1 Å². The van der Waals surface area contributed by atoms with E-state index < -0.39 is 11.1 Å². The molecular formula is C20H24N2O5S. The summed E-state index contributed by atoms with van der Waals surface area (Å²) in [4.78, 5) is 40.2. The lowest BCUT2D eigenvalue weighted by Gasteiger charge is -2.18. The second-order valence-electron chi connectivity index (χ2n) is 6.93. The van der Waals surface area contributed by atoms with Crippen LogP contribution < -0.4 is 9.47 Å². The zero-order valence-corrected chi connectivity index (χ0v) is 17.1. The van der Waals surface area contributed by atoms with Crippen molar-refractivity contribution in [3.63, 3.8) is 0 Å². The lowest BCUT2D eigenvalue weighted by Crippen LogP contribution is -2.40. The molecule has 7 nitrogen and oxygen atoms in total. The molecule has 0 aromatic heterocycles. The predicted molar refractivity (Wildman–Crippen MR) is 107 cm³/mol. The van der Waals surface area contributed by atoms with Crippen LogP contribution in [0.1, 0.15) is 32.3 Å². The zero-order valence-electron chi connectivity index (χ0n) is 16.3. The number of hydrogen-bond donors (Lipinski definition) is 0. The Morgan fingerprint density at radius 3 is 2.57 bits per heavy atom. The van der Waals surface area contributed by atoms with Crippen molar-refractivity contribution in [2.75, 3.05) is 26.7 Å². The van der Waals surface area contributed by atoms with Gasteiger partial charge in [0.05, 0.1) is 18.1 Å². The molecule has 150 valence electrons. The molecule has 0 radical (unpaired) electrons. The largest absolute Gasteiger partial charge is 0.493 e. The van der Waals surface area contributed by atoms with Crippen LogP contribution in [0.2, 0.25) is 0 Å². The second kappa shape index (κ2) is 8.68. The van der Waals surface area contributed by atoms with Crippen LogP contribution in [0.25, 0.3) is 6.08 Å². The van der Waals surface area contributed by atoms with Crippen molar-refractivity contribution >= 4 is 34.9 Å². The molecule has 2 saturated heterocycles. The SMILES string of the molecule is COc1cc(/C=C2\SC(=O)N(CC(=O)N3CCCC3)C2=O)ccc1OC(C)C. The number of imide groups is 1. The normalized spacial score (nSPS) is 18.5. The van der Waals surface area contributed by atoms with Crippen molar-refractivity contribution in [2.45, 2.75) is 32.8 Å². The fraction of sp³-hybridized carbons (Fsp3) is 0.450. The minimum atomic E-state index is -0.441. The summed E-state index contributed by atoms with van der Waals surface area (Å²) in [7, 11) is 1.55. The second-order valence-corrected chi connectivity index (χ2v) is 7.93. The number of nitrogens with zero attached hydrogens (tertiary/aromatic N) is 2. The maximum absolute atomic E-state index is 12.6. The van der Waals surface area contributed by atoms with Gasteiger partial charge in [-0.1, -0.05) is 6.07 Å². The molecule has 0 N–H and O–H groups in total. The molecule has 0 unspecified atom stereocenters. The van der Waals surface area contributed by atoms with Gasteiger partial charge in [-0.25, -0.2) is 0 Å². The first kappa shape index (κ1) is 20.3. The van der Waals surface area contributed by atoms with Gasteiger partial charge in [0.1, 0.15) is 6.54 Å². The first-order chi connectivity index (χ1) is 13.4. The average molecular weight is 404 g/mol. The van der Waals surface area contributed by atoms with Crippen LogP contribution in [0.4, 0.5) is 4.79 Å². The summed E-state index contributed by atoms with van der Waals surface area (Å²) in [5, 5.41) is -0.421. The number of ether oxygens (including phenoxy) is 2. The van der Waals surface area contributed by atoms with Crippen molar-refractivity contribution in [1.82, 2.24) is 9.80 Å². The molecule has 3 amide bonds. The molecule has 28 heavy (non-hydrogen) atoms. The van der Waals surface area contributed by atoms with Crippen LogP contribution in [0.15, 0.2) is 23.1 Å². The first-order valence-electron chi connectivity index (χ1n) is 9.27. The van der Waals surface area contributed by atoms with Gasteiger partial charge in [-0.3, -0.25) is 19.3 Å². The van der Waals surface area contributed by atoms with Crippen LogP contribution in [0.3, 0.4) is 0 Å². The molecule has 0 spiro atoms. The monoisotopic (exact) mass is 404 g/mol. The Bertz CT molecular complexity index is 815. The number of carbonyl (C=O) groups excluding carboxylic acids is 3. The smallest absolute Gasteiger partial charge is 0.294 e. The van der Waals surface area contributed by atoms with Crippen LogP contribution in [0.5, 0.6) is 11.5 Å². The van der Waals surface area contributed by atoms with E-state index in [2.05, 4.69) is 0 Å². The molecule has 2 aliphatic heterocycles. The average Bonchev–Trinajstić information content (AvgIpc) is 3.27. The van der Waals surface area contributed by atoms with Crippen LogP contribution >= 0.6 is 11.8 Å². The van der Waals surface area contributed by atoms with Crippen LogP contribution in [-0.2, 0) is 9.59 Å². The maximum atomic E-state index is 12.6. The molecule has 3 rings (SSSR count). The molecule has 0 saturated carbocycles. The molecule has 0 bridgehead atoms. The summed E-state index contributed by atoms with van der Waals surface area (Å²) in [6.07, 6.45) is 3.56. The van der Waals surface area contributed by atoms with E-state index in [1.807, 2.05) is 13.8 Å². The fourth-order valence-corrected chi connectivity index (χ4v) is 3.95. The van der Waals surface area contributed by atoms with E-state index in [0.717, 1.165) is 29.5 Å². The third kappa shape index (κ3) is 4.49. The van der Waals surface area contributed by atoms with Crippen LogP contribution in [0, 0.1) is 0 Å². The molecule has 8 heteroatoms. The Morgan fingerprint density at radius 1 is 1.21 bits per heavy atom. The summed E-state index contributed by atoms with van der Waals surface area (Å²) in [6, 6.07) is 5.32. The molecular weight excluding hydrogens is 380 g/mol. The Hall–Kier alpha value is -2.48. The van der Waals surface area contributed by atoms with Gasteiger partial charge in [-0.2, -0.15) is 0 Å². The number of benzene rings is 1. The highest BCUT2D eigenvalue weighted by Crippen LogP contribution is 2.34. The van der Waals surface area contributed by atoms with Gasteiger partial charge in [0, 0.05) is 13.1 Å².